The van der Waals surface area contributed by atoms with Crippen LogP contribution in [0.5, 0.6) is 0 Å². The van der Waals surface area contributed by atoms with Crippen molar-refractivity contribution in [1.29, 1.82) is 0 Å². The van der Waals surface area contributed by atoms with Gasteiger partial charge in [0.2, 0.25) is 0 Å². The molecule has 1 atom stereocenters. The van der Waals surface area contributed by atoms with E-state index in [4.69, 9.17) is 15.0 Å². The first-order valence-electron chi connectivity index (χ1n) is 6.79. The molecule has 21 heavy (non-hydrogen) atoms. The maximum absolute atomic E-state index is 13.2. The molecule has 112 valence electrons. The molecule has 1 aromatic carbocycles. The van der Waals surface area contributed by atoms with Crippen molar-refractivity contribution in [3.8, 4) is 11.5 Å². The molecule has 3 rings (SSSR count). The van der Waals surface area contributed by atoms with E-state index in [1.54, 1.807) is 0 Å². The molecular weight excluding hydrogens is 280 g/mol. The van der Waals surface area contributed by atoms with Gasteiger partial charge in [0, 0.05) is 5.56 Å². The van der Waals surface area contributed by atoms with E-state index < -0.39 is 17.7 Å². The molecule has 1 fully saturated rings. The Bertz CT molecular complexity index is 628. The summed E-state index contributed by atoms with van der Waals surface area (Å²) in [4.78, 5) is 4.10. The van der Waals surface area contributed by atoms with Crippen LogP contribution in [0.1, 0.15) is 31.1 Å². The van der Waals surface area contributed by atoms with Crippen molar-refractivity contribution in [3.63, 3.8) is 0 Å². The lowest BCUT2D eigenvalue weighted by Gasteiger charge is -2.26. The number of nitrogens with zero attached hydrogens (tertiary/aromatic N) is 2. The molecule has 7 heteroatoms. The largest absolute Gasteiger partial charge is 0.376 e. The maximum atomic E-state index is 13.2. The molecule has 0 bridgehead atoms. The monoisotopic (exact) mass is 295 g/mol. The van der Waals surface area contributed by atoms with Crippen LogP contribution in [0.25, 0.3) is 11.5 Å². The van der Waals surface area contributed by atoms with Crippen molar-refractivity contribution in [3.05, 3.63) is 35.7 Å². The average Bonchev–Trinajstić information content (AvgIpc) is 2.89. The summed E-state index contributed by atoms with van der Waals surface area (Å²) >= 11 is 0. The summed E-state index contributed by atoms with van der Waals surface area (Å²) in [6.07, 6.45) is 3.56. The average molecular weight is 295 g/mol. The molecule has 1 unspecified atom stereocenters. The lowest BCUT2D eigenvalue weighted by atomic mass is 9.96. The highest BCUT2D eigenvalue weighted by molar-refractivity contribution is 5.52. The Morgan fingerprint density at radius 2 is 2.14 bits per heavy atom. The van der Waals surface area contributed by atoms with Gasteiger partial charge in [0.1, 0.15) is 0 Å². The molecule has 5 nitrogen and oxygen atoms in total. The fourth-order valence-corrected chi connectivity index (χ4v) is 1.98. The van der Waals surface area contributed by atoms with Gasteiger partial charge in [-0.3, -0.25) is 0 Å². The van der Waals surface area contributed by atoms with Gasteiger partial charge in [0.25, 0.3) is 5.89 Å². The van der Waals surface area contributed by atoms with E-state index in [9.17, 15) is 8.78 Å². The van der Waals surface area contributed by atoms with Crippen LogP contribution in [0.2, 0.25) is 0 Å². The molecule has 0 amide bonds. The number of hydrogen-bond acceptors (Lipinski definition) is 5. The van der Waals surface area contributed by atoms with Gasteiger partial charge >= 0.3 is 0 Å². The Hall–Kier alpha value is -1.86. The van der Waals surface area contributed by atoms with Gasteiger partial charge in [-0.1, -0.05) is 5.16 Å². The quantitative estimate of drug-likeness (QED) is 0.917. The molecule has 2 aromatic rings. The highest BCUT2D eigenvalue weighted by Gasteiger charge is 2.21. The third-order valence-corrected chi connectivity index (χ3v) is 3.50. The van der Waals surface area contributed by atoms with Crippen molar-refractivity contribution in [2.75, 3.05) is 6.61 Å². The summed E-state index contributed by atoms with van der Waals surface area (Å²) in [6.45, 7) is 0.307. The van der Waals surface area contributed by atoms with Gasteiger partial charge < -0.3 is 15.0 Å². The third-order valence-electron chi connectivity index (χ3n) is 3.50. The highest BCUT2D eigenvalue weighted by atomic mass is 19.2. The van der Waals surface area contributed by atoms with Gasteiger partial charge in [-0.25, -0.2) is 8.78 Å². The van der Waals surface area contributed by atoms with E-state index in [-0.39, 0.29) is 17.8 Å². The van der Waals surface area contributed by atoms with E-state index in [2.05, 4.69) is 10.1 Å². The Balaban J connectivity index is 1.68. The van der Waals surface area contributed by atoms with Crippen LogP contribution >= 0.6 is 0 Å². The summed E-state index contributed by atoms with van der Waals surface area (Å²) in [6, 6.07) is 2.87. The molecule has 1 aromatic heterocycles. The van der Waals surface area contributed by atoms with E-state index in [1.807, 2.05) is 0 Å². The summed E-state index contributed by atoms with van der Waals surface area (Å²) in [5, 5.41) is 3.76. The van der Waals surface area contributed by atoms with E-state index >= 15 is 0 Å². The molecule has 0 radical (unpaired) electrons. The Morgan fingerprint density at radius 3 is 2.81 bits per heavy atom. The first-order chi connectivity index (χ1) is 10.1. The molecule has 1 saturated carbocycles. The second-order valence-corrected chi connectivity index (χ2v) is 5.08. The Kier molecular flexibility index (Phi) is 3.94. The number of halogens is 2. The molecule has 2 N–H and O–H groups in total. The van der Waals surface area contributed by atoms with Crippen LogP contribution in [0.3, 0.4) is 0 Å². The first-order valence-corrected chi connectivity index (χ1v) is 6.79. The number of aromatic nitrogens is 2. The molecule has 1 aliphatic carbocycles. The van der Waals surface area contributed by atoms with E-state index in [0.717, 1.165) is 25.0 Å². The number of rotatable bonds is 5. The fraction of sp³-hybridized carbons (Fsp3) is 0.429. The van der Waals surface area contributed by atoms with Gasteiger partial charge in [0.15, 0.2) is 17.5 Å². The van der Waals surface area contributed by atoms with Crippen molar-refractivity contribution in [1.82, 2.24) is 10.1 Å². The molecule has 0 spiro atoms. The van der Waals surface area contributed by atoms with Crippen molar-refractivity contribution in [2.24, 2.45) is 5.73 Å². The van der Waals surface area contributed by atoms with Crippen molar-refractivity contribution >= 4 is 0 Å². The third kappa shape index (κ3) is 3.08. The molecular formula is C14H15F2N3O2. The SMILES string of the molecule is NC(COC1CCC1)c1noc(-c2ccc(F)c(F)c2)n1. The van der Waals surface area contributed by atoms with E-state index in [1.165, 1.54) is 12.5 Å². The molecule has 0 saturated heterocycles. The number of hydrogen-bond donors (Lipinski definition) is 1. The van der Waals surface area contributed by atoms with Crippen LogP contribution in [0.4, 0.5) is 8.78 Å². The minimum absolute atomic E-state index is 0.1000. The molecule has 1 heterocycles. The van der Waals surface area contributed by atoms with Gasteiger partial charge in [-0.2, -0.15) is 4.98 Å². The number of benzene rings is 1. The smallest absolute Gasteiger partial charge is 0.258 e. The summed E-state index contributed by atoms with van der Waals surface area (Å²) in [5.74, 6) is -1.51. The fourth-order valence-electron chi connectivity index (χ4n) is 1.98. The lowest BCUT2D eigenvalue weighted by Crippen LogP contribution is -2.27. The Labute approximate surface area is 120 Å². The zero-order valence-corrected chi connectivity index (χ0v) is 11.3. The maximum Gasteiger partial charge on any atom is 0.258 e. The van der Waals surface area contributed by atoms with Crippen LogP contribution in [-0.4, -0.2) is 22.9 Å². The zero-order valence-electron chi connectivity index (χ0n) is 11.3. The summed E-state index contributed by atoms with van der Waals surface area (Å²) < 4.78 is 36.7. The minimum Gasteiger partial charge on any atom is -0.376 e. The van der Waals surface area contributed by atoms with Gasteiger partial charge in [-0.05, 0) is 37.5 Å². The normalized spacial score (nSPS) is 16.7. The Morgan fingerprint density at radius 1 is 1.33 bits per heavy atom. The van der Waals surface area contributed by atoms with Crippen molar-refractivity contribution in [2.45, 2.75) is 31.4 Å². The van der Waals surface area contributed by atoms with Crippen LogP contribution in [-0.2, 0) is 4.74 Å². The minimum atomic E-state index is -0.968. The summed E-state index contributed by atoms with van der Waals surface area (Å²) in [7, 11) is 0. The standard InChI is InChI=1S/C14H15F2N3O2/c15-10-5-4-8(6-11(10)16)14-18-13(19-21-14)12(17)7-20-9-2-1-3-9/h4-6,9,12H,1-3,7,17H2. The lowest BCUT2D eigenvalue weighted by molar-refractivity contribution is -0.00549. The number of ether oxygens (including phenoxy) is 1. The van der Waals surface area contributed by atoms with Crippen molar-refractivity contribution < 1.29 is 18.0 Å². The first kappa shape index (κ1) is 14.1. The summed E-state index contributed by atoms with van der Waals surface area (Å²) in [5.41, 5.74) is 6.23. The topological polar surface area (TPSA) is 74.2 Å². The van der Waals surface area contributed by atoms with Crippen LogP contribution < -0.4 is 5.73 Å². The van der Waals surface area contributed by atoms with Gasteiger partial charge in [-0.15, -0.1) is 0 Å². The molecule has 0 aliphatic heterocycles. The van der Waals surface area contributed by atoms with Crippen LogP contribution in [0, 0.1) is 11.6 Å². The predicted molar refractivity (Wildman–Crippen MR) is 70.2 cm³/mol. The highest BCUT2D eigenvalue weighted by Crippen LogP contribution is 2.24. The van der Waals surface area contributed by atoms with Crippen LogP contribution in [0.15, 0.2) is 22.7 Å². The molecule has 1 aliphatic rings. The second-order valence-electron chi connectivity index (χ2n) is 5.08. The van der Waals surface area contributed by atoms with Gasteiger partial charge in [0.05, 0.1) is 18.8 Å². The predicted octanol–water partition coefficient (Wildman–Crippen LogP) is 2.58. The zero-order chi connectivity index (χ0) is 14.8. The number of nitrogens with two attached hydrogens (primary N) is 1. The second kappa shape index (κ2) is 5.87. The van der Waals surface area contributed by atoms with E-state index in [0.29, 0.717) is 12.2 Å².